The lowest BCUT2D eigenvalue weighted by atomic mass is 9.87. The van der Waals surface area contributed by atoms with Gasteiger partial charge in [-0.3, -0.25) is 19.3 Å². The van der Waals surface area contributed by atoms with E-state index in [1.807, 2.05) is 36.2 Å². The van der Waals surface area contributed by atoms with Crippen LogP contribution in [-0.2, 0) is 36.4 Å². The third-order valence-electron chi connectivity index (χ3n) is 12.2. The topological polar surface area (TPSA) is 160 Å². The monoisotopic (exact) mass is 767 g/mol. The molecule has 55 heavy (non-hydrogen) atoms. The number of benzene rings is 2. The Kier molecular flexibility index (Phi) is 9.88. The van der Waals surface area contributed by atoms with E-state index in [2.05, 4.69) is 43.5 Å². The Hall–Kier alpha value is -4.86. The molecule has 5 heterocycles. The standard InChI is InChI=1S/C40H49N9O5S/c1-26-10-11-34(37(51)42-26)47(3)33-9-5-8-31(35(33)46(2)25-50)28-12-18-48(19-13-28)24-27-6-4-7-30(22-27)55(53,54)49-20-14-29(15-21-49)43-39-41-23-32-36(45-39)44-38(52)40(32)16-17-40/h4-9,22-23,25,28-29,34H,1,10-21,24H2,2-3H3,(H,42,51)(H2,41,43,44,45,52). The minimum absolute atomic E-state index is 0.00167. The molecule has 2 aromatic carbocycles. The first-order valence-corrected chi connectivity index (χ1v) is 20.7. The second-order valence-corrected chi connectivity index (χ2v) is 17.6. The number of hydrogen-bond donors (Lipinski definition) is 3. The predicted octanol–water partition coefficient (Wildman–Crippen LogP) is 3.93. The van der Waals surface area contributed by atoms with Crippen molar-refractivity contribution in [2.45, 2.75) is 86.2 Å². The summed E-state index contributed by atoms with van der Waals surface area (Å²) >= 11 is 0. The number of allylic oxidation sites excluding steroid dienone is 1. The van der Waals surface area contributed by atoms with Crippen LogP contribution in [0.3, 0.4) is 0 Å². The highest BCUT2D eigenvalue weighted by molar-refractivity contribution is 7.89. The number of likely N-dealkylation sites (N-methyl/N-ethyl adjacent to an activating group) is 1. The van der Waals surface area contributed by atoms with Crippen molar-refractivity contribution in [2.75, 3.05) is 60.7 Å². The molecule has 3 amide bonds. The van der Waals surface area contributed by atoms with Crippen molar-refractivity contribution in [3.8, 4) is 0 Å². The molecule has 3 saturated heterocycles. The first-order chi connectivity index (χ1) is 26.5. The lowest BCUT2D eigenvalue weighted by Gasteiger charge is -2.37. The third kappa shape index (κ3) is 7.09. The number of para-hydroxylation sites is 1. The number of sulfonamides is 1. The van der Waals surface area contributed by atoms with Crippen molar-refractivity contribution >= 4 is 51.4 Å². The van der Waals surface area contributed by atoms with Crippen molar-refractivity contribution < 1.29 is 22.8 Å². The zero-order chi connectivity index (χ0) is 38.5. The highest BCUT2D eigenvalue weighted by Gasteiger charge is 2.57. The molecule has 8 rings (SSSR count). The van der Waals surface area contributed by atoms with Gasteiger partial charge in [0.05, 0.1) is 21.7 Å². The molecule has 1 saturated carbocycles. The van der Waals surface area contributed by atoms with E-state index >= 15 is 0 Å². The van der Waals surface area contributed by atoms with Gasteiger partial charge in [-0.1, -0.05) is 30.8 Å². The molecule has 0 radical (unpaired) electrons. The maximum absolute atomic E-state index is 13.8. The second kappa shape index (κ2) is 14.7. The Morgan fingerprint density at radius 3 is 2.45 bits per heavy atom. The van der Waals surface area contributed by atoms with Gasteiger partial charge in [0.1, 0.15) is 11.9 Å². The molecule has 1 aliphatic carbocycles. The van der Waals surface area contributed by atoms with Gasteiger partial charge in [-0.05, 0) is 99.7 Å². The Morgan fingerprint density at radius 1 is 1.00 bits per heavy atom. The fraction of sp³-hybridized carbons (Fsp3) is 0.475. The molecule has 5 aliphatic rings. The normalized spacial score (nSPS) is 21.9. The van der Waals surface area contributed by atoms with Crippen LogP contribution >= 0.6 is 0 Å². The number of fused-ring (bicyclic) bond motifs is 2. The fourth-order valence-corrected chi connectivity index (χ4v) is 10.3. The first-order valence-electron chi connectivity index (χ1n) is 19.3. The number of nitrogens with one attached hydrogen (secondary N) is 3. The van der Waals surface area contributed by atoms with E-state index in [-0.39, 0.29) is 29.8 Å². The molecular weight excluding hydrogens is 719 g/mol. The number of carbonyl (C=O) groups excluding carboxylic acids is 3. The number of likely N-dealkylation sites (tertiary alicyclic amines) is 1. The molecule has 1 aromatic heterocycles. The maximum atomic E-state index is 13.8. The molecule has 290 valence electrons. The van der Waals surface area contributed by atoms with Gasteiger partial charge < -0.3 is 25.8 Å². The van der Waals surface area contributed by atoms with Crippen molar-refractivity contribution in [2.24, 2.45) is 0 Å². The SMILES string of the molecule is C=C1CCC(N(C)c2cccc(C3CCN(Cc4cccc(S(=O)(=O)N5CCC(Nc6ncc7c(n6)NC(=O)C76CC6)CC5)c4)CC3)c2N(C)C=O)C(=O)N1. The van der Waals surface area contributed by atoms with E-state index in [0.717, 1.165) is 78.9 Å². The van der Waals surface area contributed by atoms with E-state index in [4.69, 9.17) is 0 Å². The molecule has 0 bridgehead atoms. The number of anilines is 4. The van der Waals surface area contributed by atoms with E-state index in [1.54, 1.807) is 34.6 Å². The molecular formula is C40H49N9O5S. The quantitative estimate of drug-likeness (QED) is 0.244. The molecule has 3 aromatic rings. The van der Waals surface area contributed by atoms with E-state index < -0.39 is 15.4 Å². The number of rotatable bonds is 11. The molecule has 1 unspecified atom stereocenters. The molecule has 15 heteroatoms. The van der Waals surface area contributed by atoms with Crippen LogP contribution in [0.1, 0.15) is 74.0 Å². The summed E-state index contributed by atoms with van der Waals surface area (Å²) in [6.45, 7) is 6.94. The number of hydrogen-bond acceptors (Lipinski definition) is 10. The number of nitrogens with zero attached hydrogens (tertiary/aromatic N) is 6. The Morgan fingerprint density at radius 2 is 1.75 bits per heavy atom. The van der Waals surface area contributed by atoms with Crippen LogP contribution in [0.4, 0.5) is 23.1 Å². The molecule has 4 fully saturated rings. The molecule has 1 atom stereocenters. The van der Waals surface area contributed by atoms with Crippen LogP contribution in [0.15, 0.2) is 65.8 Å². The summed E-state index contributed by atoms with van der Waals surface area (Å²) in [5, 5.41) is 9.12. The Labute approximate surface area is 322 Å². The number of carbonyl (C=O) groups is 3. The first kappa shape index (κ1) is 37.1. The van der Waals surface area contributed by atoms with Gasteiger partial charge >= 0.3 is 0 Å². The number of amides is 3. The second-order valence-electron chi connectivity index (χ2n) is 15.7. The lowest BCUT2D eigenvalue weighted by molar-refractivity contribution is -0.122. The van der Waals surface area contributed by atoms with Crippen LogP contribution in [0.25, 0.3) is 0 Å². The Balaban J connectivity index is 0.874. The zero-order valence-corrected chi connectivity index (χ0v) is 32.3. The summed E-state index contributed by atoms with van der Waals surface area (Å²) in [5.41, 5.74) is 4.88. The summed E-state index contributed by atoms with van der Waals surface area (Å²) in [6.07, 6.45) is 8.57. The van der Waals surface area contributed by atoms with Crippen molar-refractivity contribution in [3.63, 3.8) is 0 Å². The minimum Gasteiger partial charge on any atom is -0.361 e. The molecule has 4 aliphatic heterocycles. The summed E-state index contributed by atoms with van der Waals surface area (Å²) in [4.78, 5) is 52.6. The average molecular weight is 768 g/mol. The van der Waals surface area contributed by atoms with Gasteiger partial charge in [0.15, 0.2) is 0 Å². The minimum atomic E-state index is -3.69. The fourth-order valence-electron chi connectivity index (χ4n) is 8.80. The third-order valence-corrected chi connectivity index (χ3v) is 14.1. The highest BCUT2D eigenvalue weighted by atomic mass is 32.2. The molecule has 14 nitrogen and oxygen atoms in total. The highest BCUT2D eigenvalue weighted by Crippen LogP contribution is 2.54. The van der Waals surface area contributed by atoms with Crippen LogP contribution in [-0.4, -0.2) is 98.2 Å². The zero-order valence-electron chi connectivity index (χ0n) is 31.5. The number of aromatic nitrogens is 2. The van der Waals surface area contributed by atoms with Gasteiger partial charge in [-0.15, -0.1) is 0 Å². The van der Waals surface area contributed by atoms with Crippen LogP contribution in [0, 0.1) is 0 Å². The van der Waals surface area contributed by atoms with E-state index in [0.29, 0.717) is 62.0 Å². The smallest absolute Gasteiger partial charge is 0.246 e. The van der Waals surface area contributed by atoms with Crippen molar-refractivity contribution in [3.05, 3.63) is 77.6 Å². The van der Waals surface area contributed by atoms with E-state index in [1.165, 1.54) is 0 Å². The number of piperidine rings is 3. The van der Waals surface area contributed by atoms with Crippen LogP contribution < -0.4 is 25.8 Å². The van der Waals surface area contributed by atoms with Gasteiger partial charge in [0.2, 0.25) is 34.2 Å². The molecule has 1 spiro atoms. The largest absolute Gasteiger partial charge is 0.361 e. The summed E-state index contributed by atoms with van der Waals surface area (Å²) < 4.78 is 29.2. The van der Waals surface area contributed by atoms with Crippen LogP contribution in [0.5, 0.6) is 0 Å². The predicted molar refractivity (Wildman–Crippen MR) is 210 cm³/mol. The van der Waals surface area contributed by atoms with Crippen molar-refractivity contribution in [1.29, 1.82) is 0 Å². The average Bonchev–Trinajstić information content (AvgIpc) is 3.95. The summed E-state index contributed by atoms with van der Waals surface area (Å²) in [5.74, 6) is 1.16. The van der Waals surface area contributed by atoms with Gasteiger partial charge in [-0.2, -0.15) is 9.29 Å². The summed E-state index contributed by atoms with van der Waals surface area (Å²) in [6, 6.07) is 13.0. The molecule has 3 N–H and O–H groups in total. The van der Waals surface area contributed by atoms with Gasteiger partial charge in [-0.25, -0.2) is 13.4 Å². The van der Waals surface area contributed by atoms with Crippen LogP contribution in [0.2, 0.25) is 0 Å². The van der Waals surface area contributed by atoms with Gasteiger partial charge in [0, 0.05) is 57.2 Å². The maximum Gasteiger partial charge on any atom is 0.246 e. The lowest BCUT2D eigenvalue weighted by Crippen LogP contribution is -2.48. The summed E-state index contributed by atoms with van der Waals surface area (Å²) in [7, 11) is -0.0158. The van der Waals surface area contributed by atoms with Gasteiger partial charge in [0.25, 0.3) is 0 Å². The Bertz CT molecular complexity index is 2120. The van der Waals surface area contributed by atoms with E-state index in [9.17, 15) is 22.8 Å². The van der Waals surface area contributed by atoms with Crippen molar-refractivity contribution in [1.82, 2.24) is 24.5 Å².